The quantitative estimate of drug-likeness (QED) is 0.789. The highest BCUT2D eigenvalue weighted by Gasteiger charge is 2.51. The van der Waals surface area contributed by atoms with E-state index in [1.807, 2.05) is 39.8 Å². The zero-order valence-electron chi connectivity index (χ0n) is 16.0. The molecule has 0 spiro atoms. The van der Waals surface area contributed by atoms with Crippen molar-refractivity contribution < 1.29 is 22.5 Å². The molecule has 26 heavy (non-hydrogen) atoms. The fourth-order valence-electron chi connectivity index (χ4n) is 3.04. The summed E-state index contributed by atoms with van der Waals surface area (Å²) in [5.74, 6) is 0. The molecule has 0 amide bonds. The first-order valence-corrected chi connectivity index (χ1v) is 10.7. The van der Waals surface area contributed by atoms with E-state index in [0.29, 0.717) is 32.0 Å². The van der Waals surface area contributed by atoms with Gasteiger partial charge in [0.05, 0.1) is 42.0 Å². The first-order valence-electron chi connectivity index (χ1n) is 8.79. The zero-order chi connectivity index (χ0) is 19.2. The molecule has 1 N–H and O–H groups in total. The number of morpholine rings is 1. The molecule has 0 radical (unpaired) electrons. The molecule has 1 aromatic carbocycles. The first kappa shape index (κ1) is 19.5. The number of nitrogens with zero attached hydrogens (tertiary/aromatic N) is 1. The number of rotatable bonds is 4. The Morgan fingerprint density at radius 3 is 2.19 bits per heavy atom. The fraction of sp³-hybridized carbons (Fsp3) is 0.647. The highest BCUT2D eigenvalue weighted by Crippen LogP contribution is 2.37. The molecule has 1 aromatic rings. The number of hydrogen-bond acceptors (Lipinski definition) is 6. The summed E-state index contributed by atoms with van der Waals surface area (Å²) in [5.41, 5.74) is 1.24. The van der Waals surface area contributed by atoms with Crippen LogP contribution in [0.2, 0.25) is 0 Å². The van der Waals surface area contributed by atoms with Crippen molar-refractivity contribution >= 4 is 34.0 Å². The maximum Gasteiger partial charge on any atom is 0.494 e. The van der Waals surface area contributed by atoms with Crippen molar-refractivity contribution in [2.75, 3.05) is 42.2 Å². The maximum absolute atomic E-state index is 11.9. The second-order valence-electron chi connectivity index (χ2n) is 7.84. The van der Waals surface area contributed by atoms with Crippen LogP contribution in [0.3, 0.4) is 0 Å². The molecule has 3 rings (SSSR count). The monoisotopic (exact) mass is 382 g/mol. The summed E-state index contributed by atoms with van der Waals surface area (Å²) < 4.78 is 43.9. The van der Waals surface area contributed by atoms with E-state index >= 15 is 0 Å². The normalized spacial score (nSPS) is 22.5. The van der Waals surface area contributed by atoms with Gasteiger partial charge in [0.2, 0.25) is 10.0 Å². The second kappa shape index (κ2) is 6.71. The number of sulfonamides is 1. The molecular weight excluding hydrogens is 355 g/mol. The van der Waals surface area contributed by atoms with Crippen LogP contribution >= 0.6 is 0 Å². The highest BCUT2D eigenvalue weighted by atomic mass is 32.2. The third kappa shape index (κ3) is 4.00. The highest BCUT2D eigenvalue weighted by molar-refractivity contribution is 7.92. The Labute approximate surface area is 156 Å². The van der Waals surface area contributed by atoms with Gasteiger partial charge in [0.25, 0.3) is 0 Å². The minimum absolute atomic E-state index is 0.453. The van der Waals surface area contributed by atoms with E-state index in [-0.39, 0.29) is 0 Å². The molecular formula is C17H27BN2O5S. The Kier molecular flexibility index (Phi) is 5.02. The van der Waals surface area contributed by atoms with Crippen LogP contribution in [0.1, 0.15) is 27.7 Å². The van der Waals surface area contributed by atoms with Crippen molar-refractivity contribution in [2.45, 2.75) is 38.9 Å². The van der Waals surface area contributed by atoms with E-state index in [9.17, 15) is 8.42 Å². The second-order valence-corrected chi connectivity index (χ2v) is 9.59. The molecule has 9 heteroatoms. The topological polar surface area (TPSA) is 77.1 Å². The Morgan fingerprint density at radius 1 is 1.08 bits per heavy atom. The van der Waals surface area contributed by atoms with Gasteiger partial charge in [0.1, 0.15) is 0 Å². The van der Waals surface area contributed by atoms with Crippen molar-refractivity contribution in [1.82, 2.24) is 0 Å². The van der Waals surface area contributed by atoms with Gasteiger partial charge in [0, 0.05) is 13.1 Å². The predicted octanol–water partition coefficient (Wildman–Crippen LogP) is 1.19. The fourth-order valence-corrected chi connectivity index (χ4v) is 3.60. The summed E-state index contributed by atoms with van der Waals surface area (Å²) in [6.45, 7) is 10.6. The average Bonchev–Trinajstić information content (AvgIpc) is 2.75. The molecule has 2 aliphatic heterocycles. The Morgan fingerprint density at radius 2 is 1.65 bits per heavy atom. The van der Waals surface area contributed by atoms with Gasteiger partial charge in [-0.2, -0.15) is 0 Å². The van der Waals surface area contributed by atoms with Gasteiger partial charge in [-0.05, 0) is 45.3 Å². The van der Waals surface area contributed by atoms with E-state index in [1.54, 1.807) is 6.07 Å². The maximum atomic E-state index is 11.9. The van der Waals surface area contributed by atoms with E-state index in [1.165, 1.54) is 0 Å². The molecule has 7 nitrogen and oxygen atoms in total. The molecule has 0 unspecified atom stereocenters. The molecule has 0 aliphatic carbocycles. The van der Waals surface area contributed by atoms with Crippen LogP contribution in [0.15, 0.2) is 18.2 Å². The van der Waals surface area contributed by atoms with Crippen molar-refractivity contribution in [3.05, 3.63) is 18.2 Å². The predicted molar refractivity (Wildman–Crippen MR) is 104 cm³/mol. The van der Waals surface area contributed by atoms with Crippen LogP contribution < -0.4 is 15.1 Å². The molecule has 2 heterocycles. The lowest BCUT2D eigenvalue weighted by Crippen LogP contribution is -2.41. The van der Waals surface area contributed by atoms with Gasteiger partial charge in [-0.15, -0.1) is 0 Å². The van der Waals surface area contributed by atoms with Gasteiger partial charge in [0.15, 0.2) is 0 Å². The third-order valence-electron chi connectivity index (χ3n) is 5.19. The summed E-state index contributed by atoms with van der Waals surface area (Å²) in [6.07, 6.45) is 1.15. The molecule has 0 saturated carbocycles. The van der Waals surface area contributed by atoms with E-state index in [0.717, 1.165) is 17.4 Å². The number of benzene rings is 1. The number of anilines is 2. The smallest absolute Gasteiger partial charge is 0.399 e. The largest absolute Gasteiger partial charge is 0.494 e. The summed E-state index contributed by atoms with van der Waals surface area (Å²) in [5, 5.41) is 0. The number of ether oxygens (including phenoxy) is 1. The van der Waals surface area contributed by atoms with Gasteiger partial charge < -0.3 is 18.9 Å². The number of hydrogen-bond donors (Lipinski definition) is 1. The summed E-state index contributed by atoms with van der Waals surface area (Å²) in [4.78, 5) is 2.12. The van der Waals surface area contributed by atoms with Crippen molar-refractivity contribution in [1.29, 1.82) is 0 Å². The minimum Gasteiger partial charge on any atom is -0.399 e. The number of nitrogens with one attached hydrogen (secondary N) is 1. The summed E-state index contributed by atoms with van der Waals surface area (Å²) >= 11 is 0. The summed E-state index contributed by atoms with van der Waals surface area (Å²) in [7, 11) is -3.96. The van der Waals surface area contributed by atoms with Gasteiger partial charge in [-0.25, -0.2) is 8.42 Å². The van der Waals surface area contributed by atoms with Crippen molar-refractivity contribution in [3.8, 4) is 0 Å². The van der Waals surface area contributed by atoms with Crippen LogP contribution in [-0.4, -0.2) is 59.3 Å². The van der Waals surface area contributed by atoms with Crippen LogP contribution in [0.5, 0.6) is 0 Å². The Balaban J connectivity index is 1.95. The van der Waals surface area contributed by atoms with Crippen LogP contribution in [0, 0.1) is 0 Å². The minimum atomic E-state index is -3.41. The van der Waals surface area contributed by atoms with Gasteiger partial charge in [-0.1, -0.05) is 6.07 Å². The molecule has 2 fully saturated rings. The third-order valence-corrected chi connectivity index (χ3v) is 5.78. The molecule has 0 aromatic heterocycles. The Hall–Kier alpha value is -1.29. The SMILES string of the molecule is CC1(C)OB(c2ccc(N3CCOCC3)c(NS(C)(=O)=O)c2)OC1(C)C. The lowest BCUT2D eigenvalue weighted by atomic mass is 9.78. The van der Waals surface area contributed by atoms with Crippen LogP contribution in [-0.2, 0) is 24.1 Å². The summed E-state index contributed by atoms with van der Waals surface area (Å²) in [6, 6.07) is 5.65. The van der Waals surface area contributed by atoms with Crippen molar-refractivity contribution in [3.63, 3.8) is 0 Å². The van der Waals surface area contributed by atoms with E-state index in [4.69, 9.17) is 14.0 Å². The first-order chi connectivity index (χ1) is 12.0. The van der Waals surface area contributed by atoms with Crippen LogP contribution in [0.4, 0.5) is 11.4 Å². The molecule has 0 bridgehead atoms. The Bertz CT molecular complexity index is 759. The van der Waals surface area contributed by atoms with E-state index < -0.39 is 28.3 Å². The molecule has 2 saturated heterocycles. The average molecular weight is 382 g/mol. The van der Waals surface area contributed by atoms with Crippen molar-refractivity contribution in [2.24, 2.45) is 0 Å². The van der Waals surface area contributed by atoms with Gasteiger partial charge in [-0.3, -0.25) is 4.72 Å². The molecule has 144 valence electrons. The molecule has 2 aliphatic rings. The standard InChI is InChI=1S/C17H27BN2O5S/c1-16(2)17(3,4)25-18(24-16)13-6-7-15(20-8-10-23-11-9-20)14(12-13)19-26(5,21)22/h6-7,12,19H,8-11H2,1-5H3. The zero-order valence-corrected chi connectivity index (χ0v) is 16.9. The van der Waals surface area contributed by atoms with Crippen LogP contribution in [0.25, 0.3) is 0 Å². The van der Waals surface area contributed by atoms with E-state index in [2.05, 4.69) is 9.62 Å². The molecule has 0 atom stereocenters. The van der Waals surface area contributed by atoms with Gasteiger partial charge >= 0.3 is 7.12 Å². The lowest BCUT2D eigenvalue weighted by molar-refractivity contribution is 0.00578. The lowest BCUT2D eigenvalue weighted by Gasteiger charge is -2.32.